The Balaban J connectivity index is 1.53. The van der Waals surface area contributed by atoms with E-state index in [-0.39, 0.29) is 23.1 Å². The number of benzene rings is 1. The van der Waals surface area contributed by atoms with Crippen molar-refractivity contribution in [1.82, 2.24) is 19.8 Å². The molecule has 4 rings (SSSR count). The SMILES string of the molecule is CC1=C(C)C(=O)N(Nc2cc(CN3CCN(C(=O)CC(C)(C)C)CC3)c3ccc(Br)cc3n2)C1=O. The maximum atomic E-state index is 12.6. The lowest BCUT2D eigenvalue weighted by atomic mass is 9.91. The summed E-state index contributed by atoms with van der Waals surface area (Å²) in [6.07, 6.45) is 0.549. The number of amides is 3. The van der Waals surface area contributed by atoms with Gasteiger partial charge in [0.25, 0.3) is 11.8 Å². The molecule has 2 aromatic rings. The third-order valence-corrected chi connectivity index (χ3v) is 6.99. The smallest absolute Gasteiger partial charge is 0.275 e. The van der Waals surface area contributed by atoms with E-state index in [2.05, 4.69) is 52.0 Å². The Kier molecular flexibility index (Phi) is 7.02. The minimum absolute atomic E-state index is 0.0213. The van der Waals surface area contributed by atoms with E-state index < -0.39 is 0 Å². The molecule has 1 aromatic carbocycles. The van der Waals surface area contributed by atoms with Gasteiger partial charge >= 0.3 is 0 Å². The van der Waals surface area contributed by atoms with E-state index in [1.165, 1.54) is 0 Å². The van der Waals surface area contributed by atoms with Crippen LogP contribution < -0.4 is 5.43 Å². The summed E-state index contributed by atoms with van der Waals surface area (Å²) in [6, 6.07) is 7.83. The number of hydrogen-bond acceptors (Lipinski definition) is 6. The number of halogens is 1. The van der Waals surface area contributed by atoms with Crippen molar-refractivity contribution in [2.75, 3.05) is 31.6 Å². The Morgan fingerprint density at radius 1 is 1.03 bits per heavy atom. The summed E-state index contributed by atoms with van der Waals surface area (Å²) in [5.41, 5.74) is 5.58. The molecule has 0 bridgehead atoms. The van der Waals surface area contributed by atoms with E-state index in [1.54, 1.807) is 13.8 Å². The van der Waals surface area contributed by atoms with Gasteiger partial charge in [-0.2, -0.15) is 5.01 Å². The molecule has 1 saturated heterocycles. The van der Waals surface area contributed by atoms with Crippen molar-refractivity contribution in [3.8, 4) is 0 Å². The number of rotatable bonds is 5. The average molecular weight is 542 g/mol. The largest absolute Gasteiger partial charge is 0.340 e. The predicted octanol–water partition coefficient (Wildman–Crippen LogP) is 4.11. The molecule has 35 heavy (non-hydrogen) atoms. The first-order valence-corrected chi connectivity index (χ1v) is 12.6. The van der Waals surface area contributed by atoms with Crippen LogP contribution >= 0.6 is 15.9 Å². The highest BCUT2D eigenvalue weighted by Crippen LogP contribution is 2.28. The topological polar surface area (TPSA) is 85.8 Å². The van der Waals surface area contributed by atoms with E-state index in [4.69, 9.17) is 0 Å². The zero-order valence-corrected chi connectivity index (χ0v) is 22.5. The van der Waals surface area contributed by atoms with Crippen LogP contribution in [0.2, 0.25) is 0 Å². The number of hydrogen-bond donors (Lipinski definition) is 1. The van der Waals surface area contributed by atoms with E-state index in [9.17, 15) is 14.4 Å². The summed E-state index contributed by atoms with van der Waals surface area (Å²) in [4.78, 5) is 46.6. The number of hydrazine groups is 1. The molecule has 0 spiro atoms. The Bertz CT molecular complexity index is 1200. The van der Waals surface area contributed by atoms with Crippen molar-refractivity contribution < 1.29 is 14.4 Å². The molecule has 0 atom stereocenters. The van der Waals surface area contributed by atoms with Gasteiger partial charge in [-0.05, 0) is 43.0 Å². The number of carbonyl (C=O) groups excluding carboxylic acids is 3. The quantitative estimate of drug-likeness (QED) is 0.573. The molecule has 0 unspecified atom stereocenters. The van der Waals surface area contributed by atoms with Gasteiger partial charge in [0.1, 0.15) is 5.82 Å². The van der Waals surface area contributed by atoms with Gasteiger partial charge < -0.3 is 4.90 Å². The molecular weight excluding hydrogens is 510 g/mol. The summed E-state index contributed by atoms with van der Waals surface area (Å²) in [7, 11) is 0. The van der Waals surface area contributed by atoms with Crippen LogP contribution in [0.3, 0.4) is 0 Å². The van der Waals surface area contributed by atoms with Gasteiger partial charge in [-0.25, -0.2) is 4.98 Å². The van der Waals surface area contributed by atoms with Crippen LogP contribution in [0.15, 0.2) is 39.9 Å². The summed E-state index contributed by atoms with van der Waals surface area (Å²) in [5.74, 6) is -0.0711. The van der Waals surface area contributed by atoms with Crippen LogP contribution in [0.1, 0.15) is 46.6 Å². The van der Waals surface area contributed by atoms with Gasteiger partial charge in [-0.1, -0.05) is 42.8 Å². The fraction of sp³-hybridized carbons (Fsp3) is 0.462. The van der Waals surface area contributed by atoms with Crippen LogP contribution in [-0.4, -0.2) is 63.7 Å². The number of pyridine rings is 1. The Morgan fingerprint density at radius 3 is 2.26 bits per heavy atom. The number of piperazine rings is 1. The molecule has 0 saturated carbocycles. The Labute approximate surface area is 214 Å². The molecule has 186 valence electrons. The highest BCUT2D eigenvalue weighted by Gasteiger charge is 2.34. The van der Waals surface area contributed by atoms with Gasteiger partial charge in [0.2, 0.25) is 5.91 Å². The molecule has 2 aliphatic rings. The first-order chi connectivity index (χ1) is 16.4. The van der Waals surface area contributed by atoms with Crippen molar-refractivity contribution >= 4 is 50.4 Å². The Hall–Kier alpha value is -2.78. The number of anilines is 1. The molecule has 9 heteroatoms. The van der Waals surface area contributed by atoms with Crippen molar-refractivity contribution in [2.45, 2.75) is 47.6 Å². The van der Waals surface area contributed by atoms with Gasteiger partial charge in [0.05, 0.1) is 5.52 Å². The molecule has 1 aromatic heterocycles. The third-order valence-electron chi connectivity index (χ3n) is 6.49. The lowest BCUT2D eigenvalue weighted by Crippen LogP contribution is -2.48. The standard InChI is InChI=1S/C26H32BrN5O3/c1-16-17(2)25(35)32(24(16)34)29-22-12-18(20-7-6-19(27)13-21(20)28-22)15-30-8-10-31(11-9-30)23(33)14-26(3,4)5/h6-7,12-13H,8-11,14-15H2,1-5H3,(H,28,29). The minimum Gasteiger partial charge on any atom is -0.340 e. The summed E-state index contributed by atoms with van der Waals surface area (Å²) in [6.45, 7) is 13.2. The zero-order valence-electron chi connectivity index (χ0n) is 20.9. The number of nitrogens with one attached hydrogen (secondary N) is 1. The molecule has 1 N–H and O–H groups in total. The molecule has 0 radical (unpaired) electrons. The molecule has 3 heterocycles. The fourth-order valence-electron chi connectivity index (χ4n) is 4.39. The summed E-state index contributed by atoms with van der Waals surface area (Å²) in [5, 5.41) is 2.04. The fourth-order valence-corrected chi connectivity index (χ4v) is 4.74. The summed E-state index contributed by atoms with van der Waals surface area (Å²) < 4.78 is 0.897. The lowest BCUT2D eigenvalue weighted by Gasteiger charge is -2.36. The second-order valence-corrected chi connectivity index (χ2v) is 11.4. The van der Waals surface area contributed by atoms with E-state index in [1.807, 2.05) is 29.2 Å². The lowest BCUT2D eigenvalue weighted by molar-refractivity contribution is -0.136. The van der Waals surface area contributed by atoms with Crippen molar-refractivity contribution in [1.29, 1.82) is 0 Å². The molecule has 2 aliphatic heterocycles. The predicted molar refractivity (Wildman–Crippen MR) is 139 cm³/mol. The molecule has 3 amide bonds. The van der Waals surface area contributed by atoms with Crippen LogP contribution in [0, 0.1) is 5.41 Å². The van der Waals surface area contributed by atoms with Crippen LogP contribution in [-0.2, 0) is 20.9 Å². The maximum Gasteiger partial charge on any atom is 0.275 e. The number of nitrogens with zero attached hydrogens (tertiary/aromatic N) is 4. The normalized spacial score (nSPS) is 17.7. The maximum absolute atomic E-state index is 12.6. The zero-order chi connectivity index (χ0) is 25.5. The number of aromatic nitrogens is 1. The van der Waals surface area contributed by atoms with Gasteiger partial charge in [0, 0.05) is 60.1 Å². The van der Waals surface area contributed by atoms with Crippen LogP contribution in [0.5, 0.6) is 0 Å². The monoisotopic (exact) mass is 541 g/mol. The molecular formula is C26H32BrN5O3. The van der Waals surface area contributed by atoms with Gasteiger partial charge in [-0.15, -0.1) is 0 Å². The molecule has 1 fully saturated rings. The van der Waals surface area contributed by atoms with Gasteiger partial charge in [-0.3, -0.25) is 24.7 Å². The number of carbonyl (C=O) groups is 3. The minimum atomic E-state index is -0.360. The van der Waals surface area contributed by atoms with Crippen molar-refractivity contribution in [3.05, 3.63) is 45.4 Å². The molecule has 8 nitrogen and oxygen atoms in total. The average Bonchev–Trinajstić information content (AvgIpc) is 2.96. The second kappa shape index (κ2) is 9.70. The van der Waals surface area contributed by atoms with Crippen molar-refractivity contribution in [3.63, 3.8) is 0 Å². The first kappa shape index (κ1) is 25.3. The van der Waals surface area contributed by atoms with Crippen molar-refractivity contribution in [2.24, 2.45) is 5.41 Å². The van der Waals surface area contributed by atoms with E-state index >= 15 is 0 Å². The van der Waals surface area contributed by atoms with Gasteiger partial charge in [0.15, 0.2) is 0 Å². The number of imide groups is 1. The van der Waals surface area contributed by atoms with E-state index in [0.29, 0.717) is 43.0 Å². The third kappa shape index (κ3) is 5.56. The highest BCUT2D eigenvalue weighted by atomic mass is 79.9. The first-order valence-electron chi connectivity index (χ1n) is 11.9. The Morgan fingerprint density at radius 2 is 1.66 bits per heavy atom. The summed E-state index contributed by atoms with van der Waals surface area (Å²) >= 11 is 3.51. The highest BCUT2D eigenvalue weighted by molar-refractivity contribution is 9.10. The van der Waals surface area contributed by atoms with Crippen LogP contribution in [0.4, 0.5) is 5.82 Å². The number of fused-ring (bicyclic) bond motifs is 1. The molecule has 0 aliphatic carbocycles. The van der Waals surface area contributed by atoms with E-state index in [0.717, 1.165) is 39.0 Å². The second-order valence-electron chi connectivity index (χ2n) is 10.5. The van der Waals surface area contributed by atoms with Crippen LogP contribution in [0.25, 0.3) is 10.9 Å².